The zero-order valence-electron chi connectivity index (χ0n) is 10.7. The summed E-state index contributed by atoms with van der Waals surface area (Å²) in [5, 5.41) is 0. The van der Waals surface area contributed by atoms with Gasteiger partial charge in [-0.25, -0.2) is 0 Å². The summed E-state index contributed by atoms with van der Waals surface area (Å²) < 4.78 is 0.713. The molecule has 1 fully saturated rings. The van der Waals surface area contributed by atoms with Crippen LogP contribution in [0.15, 0.2) is 0 Å². The molecule has 1 aliphatic rings. The lowest BCUT2D eigenvalue weighted by atomic mass is 9.90. The third-order valence-corrected chi connectivity index (χ3v) is 5.37. The van der Waals surface area contributed by atoms with Crippen molar-refractivity contribution in [2.24, 2.45) is 0 Å². The summed E-state index contributed by atoms with van der Waals surface area (Å²) >= 11 is 2.29. The molecule has 1 heteroatoms. The largest absolute Gasteiger partial charge is 0.155 e. The van der Waals surface area contributed by atoms with Crippen molar-refractivity contribution >= 4 is 11.8 Å². The summed E-state index contributed by atoms with van der Waals surface area (Å²) in [5.41, 5.74) is 0. The third kappa shape index (κ3) is 4.80. The predicted molar refractivity (Wildman–Crippen MR) is 72.7 cm³/mol. The standard InChI is InChI=1S/C14H28S/c1-3-5-7-10-14(11-8-6-4-2)12-9-13-15-14/h3-13H2,1-2H3. The van der Waals surface area contributed by atoms with Crippen LogP contribution in [0.25, 0.3) is 0 Å². The summed E-state index contributed by atoms with van der Waals surface area (Å²) in [7, 11) is 0. The average molecular weight is 228 g/mol. The second-order valence-electron chi connectivity index (χ2n) is 5.05. The van der Waals surface area contributed by atoms with Crippen molar-refractivity contribution in [1.29, 1.82) is 0 Å². The van der Waals surface area contributed by atoms with Crippen molar-refractivity contribution < 1.29 is 0 Å². The van der Waals surface area contributed by atoms with Gasteiger partial charge in [0.2, 0.25) is 0 Å². The van der Waals surface area contributed by atoms with Crippen LogP contribution >= 0.6 is 11.8 Å². The summed E-state index contributed by atoms with van der Waals surface area (Å²) in [6.07, 6.45) is 14.5. The molecule has 0 nitrogen and oxygen atoms in total. The summed E-state index contributed by atoms with van der Waals surface area (Å²) in [5.74, 6) is 1.43. The molecule has 0 radical (unpaired) electrons. The van der Waals surface area contributed by atoms with Crippen molar-refractivity contribution in [1.82, 2.24) is 0 Å². The second-order valence-corrected chi connectivity index (χ2v) is 6.61. The van der Waals surface area contributed by atoms with Crippen LogP contribution < -0.4 is 0 Å². The van der Waals surface area contributed by atoms with Crippen LogP contribution in [-0.4, -0.2) is 10.5 Å². The topological polar surface area (TPSA) is 0 Å². The molecule has 15 heavy (non-hydrogen) atoms. The van der Waals surface area contributed by atoms with Gasteiger partial charge in [0.25, 0.3) is 0 Å². The van der Waals surface area contributed by atoms with Crippen LogP contribution in [0.3, 0.4) is 0 Å². The first-order chi connectivity index (χ1) is 7.33. The Morgan fingerprint density at radius 2 is 1.53 bits per heavy atom. The summed E-state index contributed by atoms with van der Waals surface area (Å²) in [6, 6.07) is 0. The summed E-state index contributed by atoms with van der Waals surface area (Å²) in [6.45, 7) is 4.62. The first-order valence-electron chi connectivity index (χ1n) is 6.97. The molecule has 1 saturated heterocycles. The maximum absolute atomic E-state index is 2.31. The van der Waals surface area contributed by atoms with Gasteiger partial charge in [-0.3, -0.25) is 0 Å². The van der Waals surface area contributed by atoms with Crippen molar-refractivity contribution in [2.45, 2.75) is 82.8 Å². The first-order valence-corrected chi connectivity index (χ1v) is 7.95. The molecule has 1 rings (SSSR count). The number of thioether (sulfide) groups is 1. The van der Waals surface area contributed by atoms with Gasteiger partial charge in [0, 0.05) is 4.75 Å². The van der Waals surface area contributed by atoms with Gasteiger partial charge in [0.05, 0.1) is 0 Å². The van der Waals surface area contributed by atoms with Gasteiger partial charge in [-0.15, -0.1) is 0 Å². The molecule has 0 aromatic rings. The fraction of sp³-hybridized carbons (Fsp3) is 1.00. The maximum Gasteiger partial charge on any atom is 0.0160 e. The van der Waals surface area contributed by atoms with E-state index in [1.54, 1.807) is 0 Å². The fourth-order valence-electron chi connectivity index (χ4n) is 2.67. The normalized spacial score (nSPS) is 19.6. The van der Waals surface area contributed by atoms with E-state index in [0.29, 0.717) is 4.75 Å². The van der Waals surface area contributed by atoms with E-state index >= 15 is 0 Å². The van der Waals surface area contributed by atoms with E-state index in [0.717, 1.165) is 0 Å². The van der Waals surface area contributed by atoms with Crippen molar-refractivity contribution in [2.75, 3.05) is 5.75 Å². The molecule has 90 valence electrons. The van der Waals surface area contributed by atoms with E-state index < -0.39 is 0 Å². The maximum atomic E-state index is 2.31. The molecular formula is C14H28S. The molecule has 0 aromatic carbocycles. The lowest BCUT2D eigenvalue weighted by molar-refractivity contribution is 0.440. The van der Waals surface area contributed by atoms with Crippen LogP contribution in [-0.2, 0) is 0 Å². The molecule has 1 heterocycles. The minimum absolute atomic E-state index is 0.713. The third-order valence-electron chi connectivity index (χ3n) is 3.66. The molecular weight excluding hydrogens is 200 g/mol. The van der Waals surface area contributed by atoms with Gasteiger partial charge in [-0.05, 0) is 31.4 Å². The van der Waals surface area contributed by atoms with Gasteiger partial charge in [0.15, 0.2) is 0 Å². The number of unbranched alkanes of at least 4 members (excludes halogenated alkanes) is 4. The average Bonchev–Trinajstić information content (AvgIpc) is 2.68. The van der Waals surface area contributed by atoms with Crippen molar-refractivity contribution in [3.63, 3.8) is 0 Å². The Morgan fingerprint density at radius 1 is 0.933 bits per heavy atom. The van der Waals surface area contributed by atoms with Gasteiger partial charge in [-0.1, -0.05) is 52.4 Å². The van der Waals surface area contributed by atoms with Gasteiger partial charge >= 0.3 is 0 Å². The van der Waals surface area contributed by atoms with Crippen LogP contribution in [0.4, 0.5) is 0 Å². The minimum Gasteiger partial charge on any atom is -0.155 e. The van der Waals surface area contributed by atoms with E-state index in [4.69, 9.17) is 0 Å². The minimum atomic E-state index is 0.713. The first kappa shape index (κ1) is 13.4. The van der Waals surface area contributed by atoms with E-state index in [1.165, 1.54) is 70.0 Å². The monoisotopic (exact) mass is 228 g/mol. The molecule has 0 amide bonds. The Labute approximate surface area is 101 Å². The molecule has 0 N–H and O–H groups in total. The smallest absolute Gasteiger partial charge is 0.0160 e. The number of rotatable bonds is 8. The van der Waals surface area contributed by atoms with Crippen molar-refractivity contribution in [3.05, 3.63) is 0 Å². The van der Waals surface area contributed by atoms with E-state index in [9.17, 15) is 0 Å². The quantitative estimate of drug-likeness (QED) is 0.500. The fourth-order valence-corrected chi connectivity index (χ4v) is 4.26. The SMILES string of the molecule is CCCCCC1(CCCCC)CCCS1. The van der Waals surface area contributed by atoms with Crippen LogP contribution in [0.2, 0.25) is 0 Å². The number of hydrogen-bond donors (Lipinski definition) is 0. The lowest BCUT2D eigenvalue weighted by Crippen LogP contribution is -2.20. The van der Waals surface area contributed by atoms with Crippen LogP contribution in [0.5, 0.6) is 0 Å². The number of hydrogen-bond acceptors (Lipinski definition) is 1. The highest BCUT2D eigenvalue weighted by atomic mass is 32.2. The van der Waals surface area contributed by atoms with Crippen LogP contribution in [0, 0.1) is 0 Å². The second kappa shape index (κ2) is 7.60. The van der Waals surface area contributed by atoms with Gasteiger partial charge in [0.1, 0.15) is 0 Å². The molecule has 0 unspecified atom stereocenters. The van der Waals surface area contributed by atoms with E-state index in [2.05, 4.69) is 25.6 Å². The lowest BCUT2D eigenvalue weighted by Gasteiger charge is -2.28. The Bertz CT molecular complexity index is 135. The molecule has 0 bridgehead atoms. The zero-order valence-corrected chi connectivity index (χ0v) is 11.5. The Hall–Kier alpha value is 0.350. The molecule has 0 aliphatic carbocycles. The van der Waals surface area contributed by atoms with Gasteiger partial charge < -0.3 is 0 Å². The molecule has 0 spiro atoms. The Morgan fingerprint density at radius 3 is 1.93 bits per heavy atom. The highest BCUT2D eigenvalue weighted by molar-refractivity contribution is 8.00. The predicted octanol–water partition coefficient (Wildman–Crippen LogP) is 5.41. The van der Waals surface area contributed by atoms with E-state index in [1.807, 2.05) is 0 Å². The Kier molecular flexibility index (Phi) is 6.79. The van der Waals surface area contributed by atoms with Gasteiger partial charge in [-0.2, -0.15) is 11.8 Å². The van der Waals surface area contributed by atoms with Crippen LogP contribution in [0.1, 0.15) is 78.1 Å². The zero-order chi connectivity index (χ0) is 11.0. The molecule has 1 aliphatic heterocycles. The van der Waals surface area contributed by atoms with Crippen molar-refractivity contribution in [3.8, 4) is 0 Å². The highest BCUT2D eigenvalue weighted by Gasteiger charge is 2.32. The molecule has 0 aromatic heterocycles. The Balaban J connectivity index is 2.26. The van der Waals surface area contributed by atoms with E-state index in [-0.39, 0.29) is 0 Å². The summed E-state index contributed by atoms with van der Waals surface area (Å²) in [4.78, 5) is 0. The highest BCUT2D eigenvalue weighted by Crippen LogP contribution is 2.45. The molecule has 0 atom stereocenters. The molecule has 0 saturated carbocycles.